The summed E-state index contributed by atoms with van der Waals surface area (Å²) in [7, 11) is -0.380. The molecule has 9 heteroatoms. The minimum Gasteiger partial charge on any atom is -0.389 e. The maximum atomic E-state index is 11.9. The van der Waals surface area contributed by atoms with Crippen LogP contribution >= 0.6 is 23.6 Å². The molecule has 19 heavy (non-hydrogen) atoms. The minimum atomic E-state index is -3.61. The first-order valence-electron chi connectivity index (χ1n) is 5.33. The van der Waals surface area contributed by atoms with Crippen LogP contribution in [0.25, 0.3) is 0 Å². The van der Waals surface area contributed by atoms with E-state index in [1.54, 1.807) is 20.2 Å². The average Bonchev–Trinajstić information content (AvgIpc) is 2.78. The van der Waals surface area contributed by atoms with Crippen LogP contribution in [0.3, 0.4) is 0 Å². The Morgan fingerprint density at radius 1 is 1.47 bits per heavy atom. The summed E-state index contributed by atoms with van der Waals surface area (Å²) in [5.74, 6) is -0.141. The lowest BCUT2D eigenvalue weighted by Crippen LogP contribution is -2.29. The van der Waals surface area contributed by atoms with E-state index in [9.17, 15) is 13.2 Å². The van der Waals surface area contributed by atoms with Crippen molar-refractivity contribution in [3.63, 3.8) is 0 Å². The molecule has 3 N–H and O–H groups in total. The van der Waals surface area contributed by atoms with Crippen molar-refractivity contribution < 1.29 is 13.2 Å². The standard InChI is InChI=1S/C10H15N3O3S3/c1-13(2)8(14)5-6-12-19(15,16)9-4-3-7(18-9)10(11)17/h3-4,12H,5-6H2,1-2H3,(H2,11,17). The maximum absolute atomic E-state index is 11.9. The first-order chi connectivity index (χ1) is 8.74. The van der Waals surface area contributed by atoms with Gasteiger partial charge in [0, 0.05) is 27.1 Å². The van der Waals surface area contributed by atoms with Crippen molar-refractivity contribution in [3.05, 3.63) is 17.0 Å². The van der Waals surface area contributed by atoms with Crippen LogP contribution in [0.1, 0.15) is 11.3 Å². The normalized spacial score (nSPS) is 11.3. The van der Waals surface area contributed by atoms with Gasteiger partial charge < -0.3 is 10.6 Å². The van der Waals surface area contributed by atoms with Crippen molar-refractivity contribution in [2.75, 3.05) is 20.6 Å². The van der Waals surface area contributed by atoms with E-state index in [2.05, 4.69) is 4.72 Å². The molecule has 0 aliphatic carbocycles. The van der Waals surface area contributed by atoms with Gasteiger partial charge in [0.15, 0.2) is 0 Å². The summed E-state index contributed by atoms with van der Waals surface area (Å²) in [6.45, 7) is 0.0552. The maximum Gasteiger partial charge on any atom is 0.250 e. The fourth-order valence-electron chi connectivity index (χ4n) is 1.18. The summed E-state index contributed by atoms with van der Waals surface area (Å²) in [6.07, 6.45) is 0.111. The molecule has 1 rings (SSSR count). The van der Waals surface area contributed by atoms with Gasteiger partial charge in [-0.05, 0) is 12.1 Å². The number of nitrogens with one attached hydrogen (secondary N) is 1. The molecule has 6 nitrogen and oxygen atoms in total. The number of hydrogen-bond acceptors (Lipinski definition) is 5. The van der Waals surface area contributed by atoms with Crippen LogP contribution in [0.15, 0.2) is 16.3 Å². The van der Waals surface area contributed by atoms with Gasteiger partial charge in [-0.15, -0.1) is 11.3 Å². The number of carbonyl (C=O) groups is 1. The number of thiophene rings is 1. The van der Waals surface area contributed by atoms with Gasteiger partial charge in [0.2, 0.25) is 15.9 Å². The summed E-state index contributed by atoms with van der Waals surface area (Å²) in [6, 6.07) is 3.00. The van der Waals surface area contributed by atoms with Crippen molar-refractivity contribution in [1.29, 1.82) is 0 Å². The van der Waals surface area contributed by atoms with Gasteiger partial charge in [-0.1, -0.05) is 12.2 Å². The van der Waals surface area contributed by atoms with Gasteiger partial charge in [-0.2, -0.15) is 0 Å². The molecule has 1 amide bonds. The largest absolute Gasteiger partial charge is 0.389 e. The number of carbonyl (C=O) groups excluding carboxylic acids is 1. The smallest absolute Gasteiger partial charge is 0.250 e. The molecule has 0 spiro atoms. The van der Waals surface area contributed by atoms with E-state index < -0.39 is 10.0 Å². The number of amides is 1. The zero-order valence-electron chi connectivity index (χ0n) is 10.5. The summed E-state index contributed by atoms with van der Waals surface area (Å²) >= 11 is 5.77. The van der Waals surface area contributed by atoms with E-state index in [-0.39, 0.29) is 28.1 Å². The molecule has 0 radical (unpaired) electrons. The van der Waals surface area contributed by atoms with Crippen LogP contribution in [0.2, 0.25) is 0 Å². The molecule has 0 aliphatic rings. The zero-order chi connectivity index (χ0) is 14.6. The lowest BCUT2D eigenvalue weighted by molar-refractivity contribution is -0.128. The summed E-state index contributed by atoms with van der Waals surface area (Å²) in [5, 5.41) is 0. The quantitative estimate of drug-likeness (QED) is 0.727. The monoisotopic (exact) mass is 321 g/mol. The highest BCUT2D eigenvalue weighted by atomic mass is 32.2. The van der Waals surface area contributed by atoms with Gasteiger partial charge in [-0.3, -0.25) is 4.79 Å². The Balaban J connectivity index is 2.65. The molecule has 0 saturated heterocycles. The van der Waals surface area contributed by atoms with Crippen LogP contribution in [0.4, 0.5) is 0 Å². The number of nitrogens with two attached hydrogens (primary N) is 1. The molecule has 106 valence electrons. The molecule has 0 aliphatic heterocycles. The van der Waals surface area contributed by atoms with E-state index in [0.717, 1.165) is 11.3 Å². The molecule has 0 aromatic carbocycles. The first-order valence-corrected chi connectivity index (χ1v) is 8.04. The van der Waals surface area contributed by atoms with Gasteiger partial charge in [0.25, 0.3) is 0 Å². The number of hydrogen-bond donors (Lipinski definition) is 2. The van der Waals surface area contributed by atoms with E-state index >= 15 is 0 Å². The topological polar surface area (TPSA) is 92.5 Å². The second-order valence-electron chi connectivity index (χ2n) is 3.92. The number of rotatable bonds is 6. The molecule has 0 unspecified atom stereocenters. The Bertz CT molecular complexity index is 578. The Labute approximate surface area is 121 Å². The number of thiocarbonyl (C=S) groups is 1. The average molecular weight is 321 g/mol. The molecular weight excluding hydrogens is 306 g/mol. The third kappa shape index (κ3) is 4.53. The van der Waals surface area contributed by atoms with Crippen LogP contribution < -0.4 is 10.5 Å². The van der Waals surface area contributed by atoms with Crippen molar-refractivity contribution in [2.45, 2.75) is 10.6 Å². The van der Waals surface area contributed by atoms with Crippen molar-refractivity contribution in [2.24, 2.45) is 5.73 Å². The second kappa shape index (κ2) is 6.42. The second-order valence-corrected chi connectivity index (χ2v) is 7.44. The van der Waals surface area contributed by atoms with Crippen LogP contribution in [0.5, 0.6) is 0 Å². The van der Waals surface area contributed by atoms with E-state index in [1.165, 1.54) is 11.0 Å². The number of nitrogens with zero attached hydrogens (tertiary/aromatic N) is 1. The Morgan fingerprint density at radius 2 is 2.11 bits per heavy atom. The van der Waals surface area contributed by atoms with E-state index in [1.807, 2.05) is 0 Å². The third-order valence-electron chi connectivity index (χ3n) is 2.22. The van der Waals surface area contributed by atoms with Gasteiger partial charge >= 0.3 is 0 Å². The molecule has 0 atom stereocenters. The summed E-state index contributed by atoms with van der Waals surface area (Å²) < 4.78 is 26.3. The highest BCUT2D eigenvalue weighted by molar-refractivity contribution is 7.91. The molecule has 1 heterocycles. The Hall–Kier alpha value is -1.03. The predicted octanol–water partition coefficient (Wildman–Crippen LogP) is 0.139. The summed E-state index contributed by atoms with van der Waals surface area (Å²) in [5.41, 5.74) is 5.42. The number of sulfonamides is 1. The van der Waals surface area contributed by atoms with Crippen molar-refractivity contribution in [3.8, 4) is 0 Å². The van der Waals surface area contributed by atoms with E-state index in [4.69, 9.17) is 18.0 Å². The van der Waals surface area contributed by atoms with Crippen molar-refractivity contribution in [1.82, 2.24) is 9.62 Å². The van der Waals surface area contributed by atoms with Gasteiger partial charge in [-0.25, -0.2) is 13.1 Å². The molecule has 1 aromatic rings. The molecule has 0 bridgehead atoms. The lowest BCUT2D eigenvalue weighted by Gasteiger charge is -2.10. The van der Waals surface area contributed by atoms with Gasteiger partial charge in [0.1, 0.15) is 9.20 Å². The van der Waals surface area contributed by atoms with E-state index in [0.29, 0.717) is 4.88 Å². The Kier molecular flexibility index (Phi) is 5.41. The van der Waals surface area contributed by atoms with Crippen LogP contribution in [-0.2, 0) is 14.8 Å². The highest BCUT2D eigenvalue weighted by Gasteiger charge is 2.17. The van der Waals surface area contributed by atoms with Crippen LogP contribution in [0, 0.1) is 0 Å². The predicted molar refractivity (Wildman–Crippen MR) is 78.7 cm³/mol. The molecule has 0 saturated carbocycles. The molecular formula is C10H15N3O3S3. The molecule has 0 fully saturated rings. The van der Waals surface area contributed by atoms with Gasteiger partial charge in [0.05, 0.1) is 4.88 Å². The minimum absolute atomic E-state index is 0.0552. The lowest BCUT2D eigenvalue weighted by atomic mass is 10.4. The fraction of sp³-hybridized carbons (Fsp3) is 0.400. The Morgan fingerprint density at radius 3 is 2.58 bits per heavy atom. The third-order valence-corrected chi connectivity index (χ3v) is 5.64. The van der Waals surface area contributed by atoms with Crippen LogP contribution in [-0.4, -0.2) is 44.9 Å². The highest BCUT2D eigenvalue weighted by Crippen LogP contribution is 2.21. The first kappa shape index (κ1) is 16.0. The zero-order valence-corrected chi connectivity index (χ0v) is 13.0. The fourth-order valence-corrected chi connectivity index (χ4v) is 3.61. The van der Waals surface area contributed by atoms with Crippen molar-refractivity contribution >= 4 is 44.5 Å². The SMILES string of the molecule is CN(C)C(=O)CCNS(=O)(=O)c1ccc(C(N)=S)s1. The molecule has 1 aromatic heterocycles. The summed E-state index contributed by atoms with van der Waals surface area (Å²) in [4.78, 5) is 13.4.